The molecule has 0 saturated carbocycles. The van der Waals surface area contributed by atoms with Crippen LogP contribution in [0.15, 0.2) is 85.2 Å². The molecule has 0 unspecified atom stereocenters. The van der Waals surface area contributed by atoms with Crippen LogP contribution in [-0.2, 0) is 13.1 Å². The number of rotatable bonds is 9. The Balaban J connectivity index is 1.32. The maximum Gasteiger partial charge on any atom is 0.253 e. The number of nitrogens with one attached hydrogen (secondary N) is 2. The van der Waals surface area contributed by atoms with Gasteiger partial charge >= 0.3 is 0 Å². The first-order chi connectivity index (χ1) is 19.0. The molecular weight excluding hydrogens is 486 g/mol. The Kier molecular flexibility index (Phi) is 8.43. The number of benzene rings is 2. The van der Waals surface area contributed by atoms with Gasteiger partial charge in [-0.25, -0.2) is 4.98 Å². The summed E-state index contributed by atoms with van der Waals surface area (Å²) < 4.78 is 0. The fourth-order valence-corrected chi connectivity index (χ4v) is 4.78. The summed E-state index contributed by atoms with van der Waals surface area (Å²) in [7, 11) is 3.52. The van der Waals surface area contributed by atoms with Crippen LogP contribution in [0.4, 0.5) is 11.8 Å². The second kappa shape index (κ2) is 12.5. The van der Waals surface area contributed by atoms with Crippen LogP contribution in [0.5, 0.6) is 0 Å². The molecule has 2 N–H and O–H groups in total. The number of anilines is 2. The molecular formula is C31H35N7O. The van der Waals surface area contributed by atoms with E-state index in [0.29, 0.717) is 24.1 Å². The summed E-state index contributed by atoms with van der Waals surface area (Å²) in [6.45, 7) is 3.57. The van der Waals surface area contributed by atoms with Crippen molar-refractivity contribution >= 4 is 17.7 Å². The summed E-state index contributed by atoms with van der Waals surface area (Å²) in [5, 5.41) is 7.02. The average molecular weight is 522 g/mol. The first kappa shape index (κ1) is 26.3. The minimum Gasteiger partial charge on any atom is -0.367 e. The van der Waals surface area contributed by atoms with E-state index in [1.807, 2.05) is 48.7 Å². The van der Waals surface area contributed by atoms with E-state index in [4.69, 9.17) is 4.98 Å². The lowest BCUT2D eigenvalue weighted by molar-refractivity contribution is 0.0827. The Morgan fingerprint density at radius 3 is 2.38 bits per heavy atom. The summed E-state index contributed by atoms with van der Waals surface area (Å²) >= 11 is 0. The largest absolute Gasteiger partial charge is 0.367 e. The van der Waals surface area contributed by atoms with Crippen molar-refractivity contribution in [1.82, 2.24) is 24.8 Å². The maximum atomic E-state index is 12.4. The quantitative estimate of drug-likeness (QED) is 0.323. The molecule has 39 heavy (non-hydrogen) atoms. The Hall–Kier alpha value is -4.30. The van der Waals surface area contributed by atoms with Gasteiger partial charge in [0.05, 0.1) is 12.2 Å². The number of aromatic nitrogens is 3. The van der Waals surface area contributed by atoms with Crippen LogP contribution >= 0.6 is 0 Å². The number of carbonyl (C=O) groups is 1. The Morgan fingerprint density at radius 1 is 0.949 bits per heavy atom. The van der Waals surface area contributed by atoms with Crippen molar-refractivity contribution in [2.24, 2.45) is 0 Å². The zero-order chi connectivity index (χ0) is 27.0. The summed E-state index contributed by atoms with van der Waals surface area (Å²) in [5.41, 5.74) is 4.80. The normalized spacial score (nSPS) is 14.1. The van der Waals surface area contributed by atoms with Crippen LogP contribution in [-0.4, -0.2) is 63.9 Å². The molecule has 8 heteroatoms. The van der Waals surface area contributed by atoms with Crippen LogP contribution in [0, 0.1) is 0 Å². The van der Waals surface area contributed by atoms with Crippen molar-refractivity contribution in [2.45, 2.75) is 32.0 Å². The molecule has 1 fully saturated rings. The van der Waals surface area contributed by atoms with Gasteiger partial charge in [0.1, 0.15) is 5.82 Å². The van der Waals surface area contributed by atoms with Crippen molar-refractivity contribution in [1.29, 1.82) is 0 Å². The highest BCUT2D eigenvalue weighted by Gasteiger charge is 2.21. The van der Waals surface area contributed by atoms with Gasteiger partial charge in [0.25, 0.3) is 5.91 Å². The maximum absolute atomic E-state index is 12.4. The zero-order valence-electron chi connectivity index (χ0n) is 22.5. The fourth-order valence-electron chi connectivity index (χ4n) is 4.78. The Bertz CT molecular complexity index is 1350. The number of hydrogen-bond donors (Lipinski definition) is 2. The van der Waals surface area contributed by atoms with Crippen molar-refractivity contribution < 1.29 is 4.79 Å². The van der Waals surface area contributed by atoms with E-state index in [-0.39, 0.29) is 5.91 Å². The third-order valence-corrected chi connectivity index (χ3v) is 6.97. The van der Waals surface area contributed by atoms with Gasteiger partial charge in [-0.3, -0.25) is 14.7 Å². The molecule has 5 rings (SSSR count). The van der Waals surface area contributed by atoms with Crippen LogP contribution in [0.25, 0.3) is 11.1 Å². The SMILES string of the molecule is CN(C)C(=O)c1ccc(-c2cnc(NCc3ccccn3)nc2NC2CCN(Cc3ccccc3)CC2)cc1. The lowest BCUT2D eigenvalue weighted by Gasteiger charge is -2.33. The smallest absolute Gasteiger partial charge is 0.253 e. The van der Waals surface area contributed by atoms with Crippen LogP contribution in [0.2, 0.25) is 0 Å². The third-order valence-electron chi connectivity index (χ3n) is 6.97. The van der Waals surface area contributed by atoms with E-state index in [2.05, 4.69) is 55.8 Å². The highest BCUT2D eigenvalue weighted by atomic mass is 16.2. The molecule has 0 radical (unpaired) electrons. The molecule has 8 nitrogen and oxygen atoms in total. The lowest BCUT2D eigenvalue weighted by atomic mass is 10.0. The zero-order valence-corrected chi connectivity index (χ0v) is 22.5. The molecule has 1 aliphatic rings. The van der Waals surface area contributed by atoms with Crippen LogP contribution < -0.4 is 10.6 Å². The molecule has 2 aromatic heterocycles. The highest BCUT2D eigenvalue weighted by molar-refractivity contribution is 5.94. The minimum atomic E-state index is -0.0209. The number of likely N-dealkylation sites (tertiary alicyclic amines) is 1. The van der Waals surface area contributed by atoms with E-state index >= 15 is 0 Å². The van der Waals surface area contributed by atoms with Gasteiger partial charge in [0, 0.05) is 63.3 Å². The summed E-state index contributed by atoms with van der Waals surface area (Å²) in [6, 6.07) is 24.4. The molecule has 200 valence electrons. The van der Waals surface area contributed by atoms with Crippen molar-refractivity contribution in [3.63, 3.8) is 0 Å². The first-order valence-electron chi connectivity index (χ1n) is 13.4. The predicted molar refractivity (Wildman–Crippen MR) is 155 cm³/mol. The van der Waals surface area contributed by atoms with E-state index in [9.17, 15) is 4.79 Å². The van der Waals surface area contributed by atoms with Crippen LogP contribution in [0.1, 0.15) is 34.5 Å². The van der Waals surface area contributed by atoms with Gasteiger partial charge in [0.2, 0.25) is 5.95 Å². The predicted octanol–water partition coefficient (Wildman–Crippen LogP) is 4.93. The van der Waals surface area contributed by atoms with E-state index in [1.54, 1.807) is 25.2 Å². The topological polar surface area (TPSA) is 86.3 Å². The monoisotopic (exact) mass is 521 g/mol. The molecule has 1 saturated heterocycles. The molecule has 0 bridgehead atoms. The van der Waals surface area contributed by atoms with Gasteiger partial charge in [-0.05, 0) is 48.2 Å². The molecule has 0 atom stereocenters. The average Bonchev–Trinajstić information content (AvgIpc) is 2.98. The molecule has 4 aromatic rings. The van der Waals surface area contributed by atoms with Gasteiger partial charge in [-0.2, -0.15) is 4.98 Å². The first-order valence-corrected chi connectivity index (χ1v) is 13.4. The van der Waals surface area contributed by atoms with E-state index < -0.39 is 0 Å². The minimum absolute atomic E-state index is 0.0209. The Morgan fingerprint density at radius 2 is 1.69 bits per heavy atom. The van der Waals surface area contributed by atoms with Gasteiger partial charge in [0.15, 0.2) is 0 Å². The van der Waals surface area contributed by atoms with E-state index in [0.717, 1.165) is 55.1 Å². The summed E-state index contributed by atoms with van der Waals surface area (Å²) in [4.78, 5) is 30.3. The van der Waals surface area contributed by atoms with Gasteiger partial charge in [-0.15, -0.1) is 0 Å². The molecule has 3 heterocycles. The number of pyridine rings is 1. The molecule has 0 spiro atoms. The van der Waals surface area contributed by atoms with Crippen molar-refractivity contribution in [3.05, 3.63) is 102 Å². The Labute approximate surface area is 230 Å². The molecule has 1 aliphatic heterocycles. The summed E-state index contributed by atoms with van der Waals surface area (Å²) in [6.07, 6.45) is 5.69. The number of amides is 1. The van der Waals surface area contributed by atoms with E-state index in [1.165, 1.54) is 5.56 Å². The number of nitrogens with zero attached hydrogens (tertiary/aromatic N) is 5. The standard InChI is InChI=1S/C31H35N7O/c1-37(2)30(39)25-13-11-24(12-14-25)28-21-34-31(33-20-27-10-6-7-17-32-27)36-29(28)35-26-15-18-38(19-16-26)22-23-8-4-3-5-9-23/h3-14,17,21,26H,15-16,18-20,22H2,1-2H3,(H2,33,34,35,36). The van der Waals surface area contributed by atoms with Gasteiger partial charge in [-0.1, -0.05) is 48.5 Å². The van der Waals surface area contributed by atoms with Crippen LogP contribution in [0.3, 0.4) is 0 Å². The summed E-state index contributed by atoms with van der Waals surface area (Å²) in [5.74, 6) is 1.32. The highest BCUT2D eigenvalue weighted by Crippen LogP contribution is 2.29. The second-order valence-electron chi connectivity index (χ2n) is 10.1. The number of piperidine rings is 1. The molecule has 2 aromatic carbocycles. The van der Waals surface area contributed by atoms with Crippen molar-refractivity contribution in [2.75, 3.05) is 37.8 Å². The molecule has 0 aliphatic carbocycles. The third kappa shape index (κ3) is 6.97. The van der Waals surface area contributed by atoms with Crippen molar-refractivity contribution in [3.8, 4) is 11.1 Å². The molecule has 1 amide bonds. The fraction of sp³-hybridized carbons (Fsp3) is 0.290. The second-order valence-corrected chi connectivity index (χ2v) is 10.1. The lowest BCUT2D eigenvalue weighted by Crippen LogP contribution is -2.38. The van der Waals surface area contributed by atoms with Gasteiger partial charge < -0.3 is 15.5 Å². The number of carbonyl (C=O) groups excluding carboxylic acids is 1. The number of hydrogen-bond acceptors (Lipinski definition) is 7.